The molecule has 0 spiro atoms. The molecule has 0 aromatic rings. The van der Waals surface area contributed by atoms with Crippen LogP contribution >= 0.6 is 0 Å². The van der Waals surface area contributed by atoms with Gasteiger partial charge in [-0.25, -0.2) is 0 Å². The molecule has 0 aromatic carbocycles. The first-order chi connectivity index (χ1) is 7.10. The van der Waals surface area contributed by atoms with Crippen molar-refractivity contribution < 1.29 is 23.6 Å². The van der Waals surface area contributed by atoms with E-state index in [-0.39, 0.29) is 18.5 Å². The molecule has 0 saturated carbocycles. The third-order valence-corrected chi connectivity index (χ3v) is 2.84. The second-order valence-corrected chi connectivity index (χ2v) is 4.70. The van der Waals surface area contributed by atoms with Gasteiger partial charge in [-0.05, 0) is 13.3 Å². The van der Waals surface area contributed by atoms with Gasteiger partial charge in [0.25, 0.3) is 0 Å². The molecule has 0 bridgehead atoms. The molecule has 0 fully saturated rings. The van der Waals surface area contributed by atoms with Crippen molar-refractivity contribution in [3.05, 3.63) is 0 Å². The normalized spacial score (nSPS) is 14.6. The Hall–Kier alpha value is -0.460. The van der Waals surface area contributed by atoms with E-state index in [2.05, 4.69) is 0 Å². The Morgan fingerprint density at radius 1 is 1.53 bits per heavy atom. The molecule has 5 nitrogen and oxygen atoms in total. The van der Waals surface area contributed by atoms with Crippen LogP contribution in [0.4, 0.5) is 0 Å². The molecule has 6 heteroatoms. The van der Waals surface area contributed by atoms with Gasteiger partial charge in [-0.3, -0.25) is 9.00 Å². The van der Waals surface area contributed by atoms with E-state index < -0.39 is 16.8 Å². The fraction of sp³-hybridized carbons (Fsp3) is 0.889. The molecule has 0 heterocycles. The largest absolute Gasteiger partial charge is 0.460 e. The fourth-order valence-corrected chi connectivity index (χ4v) is 1.88. The zero-order chi connectivity index (χ0) is 11.7. The summed E-state index contributed by atoms with van der Waals surface area (Å²) in [5.41, 5.74) is 0. The highest BCUT2D eigenvalue weighted by Crippen LogP contribution is 1.95. The van der Waals surface area contributed by atoms with Crippen molar-refractivity contribution in [2.45, 2.75) is 19.4 Å². The van der Waals surface area contributed by atoms with Crippen LogP contribution in [0.25, 0.3) is 0 Å². The Balaban J connectivity index is 3.68. The number of carbonyl (C=O) groups excluding carboxylic acids is 1. The topological polar surface area (TPSA) is 72.8 Å². The molecule has 0 aliphatic rings. The van der Waals surface area contributed by atoms with E-state index in [9.17, 15) is 9.00 Å². The van der Waals surface area contributed by atoms with Gasteiger partial charge in [0, 0.05) is 30.3 Å². The summed E-state index contributed by atoms with van der Waals surface area (Å²) in [6.45, 7) is 2.02. The van der Waals surface area contributed by atoms with Crippen molar-refractivity contribution in [1.29, 1.82) is 0 Å². The van der Waals surface area contributed by atoms with Crippen LogP contribution in [0.15, 0.2) is 0 Å². The summed E-state index contributed by atoms with van der Waals surface area (Å²) in [4.78, 5) is 11.2. The van der Waals surface area contributed by atoms with Crippen LogP contribution in [0.5, 0.6) is 0 Å². The van der Waals surface area contributed by atoms with Gasteiger partial charge in [0.2, 0.25) is 0 Å². The third kappa shape index (κ3) is 8.53. The maximum atomic E-state index is 11.2. The first-order valence-corrected chi connectivity index (χ1v) is 6.23. The lowest BCUT2D eigenvalue weighted by molar-refractivity contribution is -0.147. The minimum Gasteiger partial charge on any atom is -0.460 e. The highest BCUT2D eigenvalue weighted by Gasteiger charge is 2.12. The lowest BCUT2D eigenvalue weighted by Crippen LogP contribution is -2.24. The average molecular weight is 238 g/mol. The van der Waals surface area contributed by atoms with Crippen molar-refractivity contribution in [1.82, 2.24) is 0 Å². The molecule has 0 amide bonds. The summed E-state index contributed by atoms with van der Waals surface area (Å²) in [6, 6.07) is 0. The van der Waals surface area contributed by atoms with E-state index in [0.29, 0.717) is 18.8 Å². The van der Waals surface area contributed by atoms with E-state index in [4.69, 9.17) is 14.6 Å². The summed E-state index contributed by atoms with van der Waals surface area (Å²) in [5, 5.41) is 8.50. The van der Waals surface area contributed by atoms with Crippen molar-refractivity contribution in [3.63, 3.8) is 0 Å². The Labute approximate surface area is 92.2 Å². The number of aliphatic hydroxyl groups is 1. The van der Waals surface area contributed by atoms with Gasteiger partial charge in [-0.15, -0.1) is 0 Å². The number of hydrogen-bond donors (Lipinski definition) is 1. The smallest absolute Gasteiger partial charge is 0.318 e. The summed E-state index contributed by atoms with van der Waals surface area (Å²) in [6.07, 6.45) is 0.116. The van der Waals surface area contributed by atoms with Gasteiger partial charge >= 0.3 is 5.97 Å². The van der Waals surface area contributed by atoms with Gasteiger partial charge in [-0.1, -0.05) is 0 Å². The third-order valence-electron chi connectivity index (χ3n) is 1.54. The molecule has 0 aromatic heterocycles. The molecule has 0 radical (unpaired) electrons. The van der Waals surface area contributed by atoms with Crippen LogP contribution in [0.3, 0.4) is 0 Å². The molecule has 0 saturated heterocycles. The molecular weight excluding hydrogens is 220 g/mol. The number of carbonyl (C=O) groups is 1. The molecule has 2 atom stereocenters. The Morgan fingerprint density at radius 3 is 2.73 bits per heavy atom. The Morgan fingerprint density at radius 2 is 2.20 bits per heavy atom. The van der Waals surface area contributed by atoms with Crippen molar-refractivity contribution in [2.24, 2.45) is 0 Å². The minimum atomic E-state index is -1.25. The van der Waals surface area contributed by atoms with Gasteiger partial charge in [-0.2, -0.15) is 0 Å². The molecule has 2 unspecified atom stereocenters. The number of ether oxygens (including phenoxy) is 2. The molecule has 1 N–H and O–H groups in total. The molecule has 90 valence electrons. The average Bonchev–Trinajstić information content (AvgIpc) is 2.14. The monoisotopic (exact) mass is 238 g/mol. The zero-order valence-corrected chi connectivity index (χ0v) is 9.92. The summed E-state index contributed by atoms with van der Waals surface area (Å²) in [7, 11) is 0.272. The van der Waals surface area contributed by atoms with Gasteiger partial charge in [0.15, 0.2) is 0 Å². The minimum absolute atomic E-state index is 0.0130. The standard InChI is InChI=1S/C9H18O5S/c1-8(6-13-2)14-9(11)7-15(12)5-3-4-10/h8,10H,3-7H2,1-2H3. The van der Waals surface area contributed by atoms with Gasteiger partial charge in [0.1, 0.15) is 11.9 Å². The lowest BCUT2D eigenvalue weighted by atomic mass is 10.4. The quantitative estimate of drug-likeness (QED) is 0.588. The van der Waals surface area contributed by atoms with E-state index in [1.165, 1.54) is 7.11 Å². The Bertz CT molecular complexity index is 207. The lowest BCUT2D eigenvalue weighted by Gasteiger charge is -2.11. The zero-order valence-electron chi connectivity index (χ0n) is 9.10. The number of hydrogen-bond acceptors (Lipinski definition) is 5. The van der Waals surface area contributed by atoms with Crippen molar-refractivity contribution in [3.8, 4) is 0 Å². The van der Waals surface area contributed by atoms with Crippen LogP contribution in [0, 0.1) is 0 Å². The van der Waals surface area contributed by atoms with Crippen LogP contribution < -0.4 is 0 Å². The highest BCUT2D eigenvalue weighted by molar-refractivity contribution is 7.85. The van der Waals surface area contributed by atoms with E-state index >= 15 is 0 Å². The number of aliphatic hydroxyl groups excluding tert-OH is 1. The molecule has 15 heavy (non-hydrogen) atoms. The van der Waals surface area contributed by atoms with Crippen LogP contribution in [-0.2, 0) is 25.1 Å². The van der Waals surface area contributed by atoms with Gasteiger partial charge < -0.3 is 14.6 Å². The molecule has 0 aliphatic heterocycles. The molecule has 0 aliphatic carbocycles. The maximum absolute atomic E-state index is 11.2. The summed E-state index contributed by atoms with van der Waals surface area (Å²) in [5.74, 6) is -0.283. The highest BCUT2D eigenvalue weighted by atomic mass is 32.2. The van der Waals surface area contributed by atoms with E-state index in [0.717, 1.165) is 0 Å². The second kappa shape index (κ2) is 8.82. The SMILES string of the molecule is COCC(C)OC(=O)CS(=O)CCCO. The second-order valence-electron chi connectivity index (χ2n) is 3.12. The van der Waals surface area contributed by atoms with E-state index in [1.54, 1.807) is 6.92 Å². The first-order valence-electron chi connectivity index (χ1n) is 4.74. The Kier molecular flexibility index (Phi) is 8.55. The van der Waals surface area contributed by atoms with Gasteiger partial charge in [0.05, 0.1) is 6.61 Å². The number of methoxy groups -OCH3 is 1. The van der Waals surface area contributed by atoms with Crippen LogP contribution in [0.1, 0.15) is 13.3 Å². The van der Waals surface area contributed by atoms with Crippen LogP contribution in [-0.4, -0.2) is 53.2 Å². The maximum Gasteiger partial charge on any atom is 0.318 e. The van der Waals surface area contributed by atoms with E-state index in [1.807, 2.05) is 0 Å². The van der Waals surface area contributed by atoms with Crippen molar-refractivity contribution >= 4 is 16.8 Å². The number of rotatable bonds is 8. The summed E-state index contributed by atoms with van der Waals surface area (Å²) >= 11 is 0. The predicted octanol–water partition coefficient (Wildman–Crippen LogP) is -0.304. The first kappa shape index (κ1) is 14.5. The number of esters is 1. The summed E-state index contributed by atoms with van der Waals surface area (Å²) < 4.78 is 20.9. The molecule has 0 rings (SSSR count). The molecular formula is C9H18O5S. The van der Waals surface area contributed by atoms with Crippen molar-refractivity contribution in [2.75, 3.05) is 31.8 Å². The van der Waals surface area contributed by atoms with Crippen LogP contribution in [0.2, 0.25) is 0 Å². The fourth-order valence-electron chi connectivity index (χ4n) is 0.956. The predicted molar refractivity (Wildman–Crippen MR) is 57.0 cm³/mol.